The lowest BCUT2D eigenvalue weighted by atomic mass is 9.84. The number of amides is 1. The Morgan fingerprint density at radius 1 is 1.15 bits per heavy atom. The molecule has 1 aromatic rings. The zero-order valence-electron chi connectivity index (χ0n) is 15.6. The van der Waals surface area contributed by atoms with Crippen LogP contribution in [0, 0.1) is 23.5 Å². The molecule has 5 heteroatoms. The molecule has 0 spiro atoms. The minimum atomic E-state index is -0.563. The van der Waals surface area contributed by atoms with Gasteiger partial charge in [0.2, 0.25) is 5.91 Å². The summed E-state index contributed by atoms with van der Waals surface area (Å²) in [5.41, 5.74) is 0.0160. The molecule has 1 unspecified atom stereocenters. The number of carbonyl (C=O) groups excluding carboxylic acids is 1. The molecule has 1 amide bonds. The van der Waals surface area contributed by atoms with E-state index in [2.05, 4.69) is 12.2 Å². The molecule has 3 nitrogen and oxygen atoms in total. The Balaban J connectivity index is 1.71. The van der Waals surface area contributed by atoms with Crippen molar-refractivity contribution in [3.05, 3.63) is 35.4 Å². The molecule has 26 heavy (non-hydrogen) atoms. The molecule has 1 atom stereocenters. The van der Waals surface area contributed by atoms with E-state index in [0.29, 0.717) is 18.3 Å². The van der Waals surface area contributed by atoms with Gasteiger partial charge in [-0.15, -0.1) is 0 Å². The first-order chi connectivity index (χ1) is 12.6. The summed E-state index contributed by atoms with van der Waals surface area (Å²) >= 11 is 0. The maximum Gasteiger partial charge on any atom is 0.223 e. The van der Waals surface area contributed by atoms with E-state index in [0.717, 1.165) is 51.6 Å². The van der Waals surface area contributed by atoms with Gasteiger partial charge in [0, 0.05) is 18.0 Å². The van der Waals surface area contributed by atoms with E-state index in [9.17, 15) is 13.6 Å². The van der Waals surface area contributed by atoms with E-state index >= 15 is 0 Å². The maximum atomic E-state index is 14.1. The second-order valence-electron chi connectivity index (χ2n) is 7.93. The van der Waals surface area contributed by atoms with Crippen LogP contribution in [0.4, 0.5) is 8.78 Å². The van der Waals surface area contributed by atoms with E-state index in [1.54, 1.807) is 4.90 Å². The predicted molar refractivity (Wildman–Crippen MR) is 98.5 cm³/mol. The van der Waals surface area contributed by atoms with E-state index in [1.165, 1.54) is 18.2 Å². The van der Waals surface area contributed by atoms with Crippen LogP contribution in [-0.2, 0) is 11.3 Å². The average molecular weight is 364 g/mol. The van der Waals surface area contributed by atoms with Gasteiger partial charge in [-0.2, -0.15) is 0 Å². The fourth-order valence-corrected chi connectivity index (χ4v) is 4.46. The minimum absolute atomic E-state index is 0.0160. The maximum absolute atomic E-state index is 14.1. The number of nitrogens with zero attached hydrogens (tertiary/aromatic N) is 1. The highest BCUT2D eigenvalue weighted by Gasteiger charge is 2.30. The molecule has 2 aliphatic rings. The van der Waals surface area contributed by atoms with E-state index in [1.807, 2.05) is 0 Å². The fourth-order valence-electron chi connectivity index (χ4n) is 4.46. The van der Waals surface area contributed by atoms with Gasteiger partial charge in [-0.05, 0) is 62.7 Å². The van der Waals surface area contributed by atoms with Crippen LogP contribution in [0.2, 0.25) is 0 Å². The Labute approximate surface area is 155 Å². The zero-order valence-corrected chi connectivity index (χ0v) is 15.6. The molecule has 1 aromatic carbocycles. The number of halogens is 2. The molecule has 1 saturated heterocycles. The number of hydrogen-bond donors (Lipinski definition) is 1. The summed E-state index contributed by atoms with van der Waals surface area (Å²) in [4.78, 5) is 14.8. The van der Waals surface area contributed by atoms with Crippen LogP contribution in [0.25, 0.3) is 0 Å². The van der Waals surface area contributed by atoms with Crippen molar-refractivity contribution in [3.63, 3.8) is 0 Å². The number of nitrogens with one attached hydrogen (secondary N) is 1. The van der Waals surface area contributed by atoms with Crippen LogP contribution in [0.3, 0.4) is 0 Å². The molecule has 0 bridgehead atoms. The topological polar surface area (TPSA) is 32.3 Å². The summed E-state index contributed by atoms with van der Waals surface area (Å²) in [5.74, 6) is -0.222. The standard InChI is InChI=1S/C21H30F2N2O/c1-15(16-9-11-24-12-10-16)13-21(26)25(17-5-2-3-6-17)14-18-19(22)7-4-8-20(18)23/h4,7-8,15-17,24H,2-3,5-6,9-14H2,1H3. The summed E-state index contributed by atoms with van der Waals surface area (Å²) in [5, 5.41) is 3.36. The summed E-state index contributed by atoms with van der Waals surface area (Å²) in [6, 6.07) is 4.03. The lowest BCUT2D eigenvalue weighted by Crippen LogP contribution is -2.40. The second-order valence-corrected chi connectivity index (χ2v) is 7.93. The number of hydrogen-bond acceptors (Lipinski definition) is 2. The summed E-state index contributed by atoms with van der Waals surface area (Å²) in [7, 11) is 0. The quantitative estimate of drug-likeness (QED) is 0.818. The monoisotopic (exact) mass is 364 g/mol. The fraction of sp³-hybridized carbons (Fsp3) is 0.667. The van der Waals surface area contributed by atoms with Crippen molar-refractivity contribution in [1.29, 1.82) is 0 Å². The SMILES string of the molecule is CC(CC(=O)N(Cc1c(F)cccc1F)C1CCCC1)C1CCNCC1. The normalized spacial score (nSPS) is 20.3. The Morgan fingerprint density at radius 3 is 2.38 bits per heavy atom. The third-order valence-corrected chi connectivity index (χ3v) is 6.16. The van der Waals surface area contributed by atoms with E-state index in [-0.39, 0.29) is 24.1 Å². The molecule has 1 saturated carbocycles. The number of carbonyl (C=O) groups is 1. The predicted octanol–water partition coefficient (Wildman–Crippen LogP) is 4.26. The first kappa shape index (κ1) is 19.3. The van der Waals surface area contributed by atoms with Crippen molar-refractivity contribution in [3.8, 4) is 0 Å². The third kappa shape index (κ3) is 4.61. The average Bonchev–Trinajstić information content (AvgIpc) is 3.16. The largest absolute Gasteiger partial charge is 0.335 e. The number of benzene rings is 1. The molecular formula is C21H30F2N2O. The van der Waals surface area contributed by atoms with Gasteiger partial charge in [0.1, 0.15) is 11.6 Å². The Morgan fingerprint density at radius 2 is 1.77 bits per heavy atom. The molecular weight excluding hydrogens is 334 g/mol. The summed E-state index contributed by atoms with van der Waals surface area (Å²) in [6.07, 6.45) is 6.69. The van der Waals surface area contributed by atoms with Crippen LogP contribution in [0.15, 0.2) is 18.2 Å². The highest BCUT2D eigenvalue weighted by Crippen LogP contribution is 2.30. The minimum Gasteiger partial charge on any atom is -0.335 e. The smallest absolute Gasteiger partial charge is 0.223 e. The molecule has 144 valence electrons. The van der Waals surface area contributed by atoms with Gasteiger partial charge < -0.3 is 10.2 Å². The number of piperidine rings is 1. The van der Waals surface area contributed by atoms with Crippen molar-refractivity contribution in [1.82, 2.24) is 10.2 Å². The van der Waals surface area contributed by atoms with Gasteiger partial charge >= 0.3 is 0 Å². The Hall–Kier alpha value is -1.49. The van der Waals surface area contributed by atoms with Crippen LogP contribution in [-0.4, -0.2) is 29.9 Å². The van der Waals surface area contributed by atoms with Crippen molar-refractivity contribution in [2.45, 2.75) is 64.5 Å². The van der Waals surface area contributed by atoms with Crippen LogP contribution in [0.1, 0.15) is 57.4 Å². The van der Waals surface area contributed by atoms with Gasteiger partial charge in [-0.25, -0.2) is 8.78 Å². The summed E-state index contributed by atoms with van der Waals surface area (Å²) in [6.45, 7) is 4.21. The van der Waals surface area contributed by atoms with Crippen molar-refractivity contribution in [2.24, 2.45) is 11.8 Å². The van der Waals surface area contributed by atoms with Gasteiger partial charge in [0.15, 0.2) is 0 Å². The van der Waals surface area contributed by atoms with Crippen LogP contribution in [0.5, 0.6) is 0 Å². The van der Waals surface area contributed by atoms with Gasteiger partial charge in [-0.1, -0.05) is 25.8 Å². The Bertz CT molecular complexity index is 590. The lowest BCUT2D eigenvalue weighted by Gasteiger charge is -2.33. The van der Waals surface area contributed by atoms with E-state index < -0.39 is 11.6 Å². The third-order valence-electron chi connectivity index (χ3n) is 6.16. The second kappa shape index (κ2) is 8.94. The molecule has 1 aliphatic carbocycles. The van der Waals surface area contributed by atoms with Crippen molar-refractivity contribution in [2.75, 3.05) is 13.1 Å². The molecule has 1 heterocycles. The molecule has 0 radical (unpaired) electrons. The highest BCUT2D eigenvalue weighted by atomic mass is 19.1. The molecule has 2 fully saturated rings. The van der Waals surface area contributed by atoms with Gasteiger partial charge in [-0.3, -0.25) is 4.79 Å². The molecule has 1 N–H and O–H groups in total. The molecule has 0 aromatic heterocycles. The zero-order chi connectivity index (χ0) is 18.5. The van der Waals surface area contributed by atoms with E-state index in [4.69, 9.17) is 0 Å². The summed E-state index contributed by atoms with van der Waals surface area (Å²) < 4.78 is 28.3. The molecule has 1 aliphatic heterocycles. The van der Waals surface area contributed by atoms with Crippen LogP contribution >= 0.6 is 0 Å². The first-order valence-electron chi connectivity index (χ1n) is 9.99. The Kier molecular flexibility index (Phi) is 6.63. The lowest BCUT2D eigenvalue weighted by molar-refractivity contribution is -0.135. The number of rotatable bonds is 6. The van der Waals surface area contributed by atoms with Crippen LogP contribution < -0.4 is 5.32 Å². The first-order valence-corrected chi connectivity index (χ1v) is 9.99. The highest BCUT2D eigenvalue weighted by molar-refractivity contribution is 5.77. The van der Waals surface area contributed by atoms with Gasteiger partial charge in [0.05, 0.1) is 6.54 Å². The van der Waals surface area contributed by atoms with Gasteiger partial charge in [0.25, 0.3) is 0 Å². The molecule has 3 rings (SSSR count). The van der Waals surface area contributed by atoms with Crippen molar-refractivity contribution < 1.29 is 13.6 Å². The van der Waals surface area contributed by atoms with Crippen molar-refractivity contribution >= 4 is 5.91 Å².